The van der Waals surface area contributed by atoms with E-state index in [1.54, 1.807) is 31.2 Å². The fourth-order valence-corrected chi connectivity index (χ4v) is 3.61. The number of nitrogens with zero attached hydrogens (tertiary/aromatic N) is 1. The van der Waals surface area contributed by atoms with E-state index >= 15 is 0 Å². The van der Waals surface area contributed by atoms with E-state index in [9.17, 15) is 19.2 Å². The Labute approximate surface area is 181 Å². The average molecular weight is 422 g/mol. The first kappa shape index (κ1) is 22.2. The van der Waals surface area contributed by atoms with E-state index < -0.39 is 36.3 Å². The van der Waals surface area contributed by atoms with E-state index in [1.807, 2.05) is 44.2 Å². The molecule has 1 aliphatic rings. The smallest absolute Gasteiger partial charge is 0.330 e. The molecule has 162 valence electrons. The highest BCUT2D eigenvalue weighted by Crippen LogP contribution is 2.28. The number of benzene rings is 2. The summed E-state index contributed by atoms with van der Waals surface area (Å²) >= 11 is 0. The molecule has 3 atom stereocenters. The van der Waals surface area contributed by atoms with Crippen molar-refractivity contribution in [2.24, 2.45) is 5.92 Å². The van der Waals surface area contributed by atoms with Crippen LogP contribution in [0, 0.1) is 5.92 Å². The fourth-order valence-electron chi connectivity index (χ4n) is 3.61. The van der Waals surface area contributed by atoms with Crippen LogP contribution in [0.2, 0.25) is 0 Å². The molecular formula is C24H26N2O5. The van der Waals surface area contributed by atoms with Crippen molar-refractivity contribution in [3.05, 3.63) is 71.3 Å². The Bertz CT molecular complexity index is 953. The minimum atomic E-state index is -1.10. The number of hydrogen-bond donors (Lipinski definition) is 1. The summed E-state index contributed by atoms with van der Waals surface area (Å²) in [6.07, 6.45) is 0.546. The summed E-state index contributed by atoms with van der Waals surface area (Å²) in [5.74, 6) is -2.61. The molecule has 0 spiro atoms. The van der Waals surface area contributed by atoms with Gasteiger partial charge in [-0.05, 0) is 30.5 Å². The average Bonchev–Trinajstić information content (AvgIpc) is 3.03. The van der Waals surface area contributed by atoms with Crippen molar-refractivity contribution in [2.75, 3.05) is 6.61 Å². The molecule has 0 bridgehead atoms. The van der Waals surface area contributed by atoms with Crippen molar-refractivity contribution in [3.63, 3.8) is 0 Å². The number of rotatable bonds is 8. The van der Waals surface area contributed by atoms with Crippen molar-refractivity contribution in [1.82, 2.24) is 10.2 Å². The van der Waals surface area contributed by atoms with Gasteiger partial charge in [0, 0.05) is 0 Å². The molecule has 0 radical (unpaired) electrons. The SMILES string of the molecule is CC[C@H](C)[C@@H](C(=O)OCC(=O)N[C@@H](C)c1ccccc1)N1C(=O)c2ccccc2C1=O. The van der Waals surface area contributed by atoms with E-state index in [-0.39, 0.29) is 23.1 Å². The Morgan fingerprint density at radius 2 is 1.48 bits per heavy atom. The highest BCUT2D eigenvalue weighted by Gasteiger charge is 2.45. The summed E-state index contributed by atoms with van der Waals surface area (Å²) in [7, 11) is 0. The highest BCUT2D eigenvalue weighted by atomic mass is 16.5. The van der Waals surface area contributed by atoms with E-state index in [1.165, 1.54) is 0 Å². The number of carbonyl (C=O) groups excluding carboxylic acids is 4. The number of amides is 3. The summed E-state index contributed by atoms with van der Waals surface area (Å²) in [5, 5.41) is 2.77. The minimum absolute atomic E-state index is 0.256. The molecule has 31 heavy (non-hydrogen) atoms. The summed E-state index contributed by atoms with van der Waals surface area (Å²) in [6, 6.07) is 14.5. The van der Waals surface area contributed by atoms with Crippen molar-refractivity contribution < 1.29 is 23.9 Å². The maximum atomic E-state index is 12.9. The van der Waals surface area contributed by atoms with Crippen LogP contribution in [0.4, 0.5) is 0 Å². The van der Waals surface area contributed by atoms with Crippen LogP contribution in [0.25, 0.3) is 0 Å². The molecule has 7 heteroatoms. The standard InChI is InChI=1S/C24H26N2O5/c1-4-15(2)21(26-22(28)18-12-8-9-13-19(18)23(26)29)24(30)31-14-20(27)25-16(3)17-10-6-5-7-11-17/h5-13,15-16,21H,4,14H2,1-3H3,(H,25,27)/t15-,16-,21-/m0/s1. The van der Waals surface area contributed by atoms with Crippen LogP contribution in [0.15, 0.2) is 54.6 Å². The molecule has 0 aliphatic carbocycles. The summed E-state index contributed by atoms with van der Waals surface area (Å²) < 4.78 is 5.24. The maximum absolute atomic E-state index is 12.9. The van der Waals surface area contributed by atoms with Gasteiger partial charge in [0.15, 0.2) is 6.61 Å². The third kappa shape index (κ3) is 4.66. The van der Waals surface area contributed by atoms with Gasteiger partial charge in [-0.15, -0.1) is 0 Å². The lowest BCUT2D eigenvalue weighted by atomic mass is 9.97. The molecule has 0 saturated heterocycles. The molecule has 0 saturated carbocycles. The van der Waals surface area contributed by atoms with E-state index in [0.29, 0.717) is 6.42 Å². The fraction of sp³-hybridized carbons (Fsp3) is 0.333. The number of hydrogen-bond acceptors (Lipinski definition) is 5. The highest BCUT2D eigenvalue weighted by molar-refractivity contribution is 6.22. The van der Waals surface area contributed by atoms with Crippen molar-refractivity contribution in [3.8, 4) is 0 Å². The molecule has 3 rings (SSSR count). The normalized spacial score (nSPS) is 15.8. The number of carbonyl (C=O) groups is 4. The minimum Gasteiger partial charge on any atom is -0.454 e. The van der Waals surface area contributed by atoms with Crippen molar-refractivity contribution in [1.29, 1.82) is 0 Å². The first-order valence-corrected chi connectivity index (χ1v) is 10.3. The van der Waals surface area contributed by atoms with Gasteiger partial charge in [0.2, 0.25) is 0 Å². The second kappa shape index (κ2) is 9.55. The van der Waals surface area contributed by atoms with Gasteiger partial charge >= 0.3 is 5.97 Å². The summed E-state index contributed by atoms with van der Waals surface area (Å²) in [5.41, 5.74) is 1.46. The lowest BCUT2D eigenvalue weighted by Crippen LogP contribution is -2.49. The predicted molar refractivity (Wildman–Crippen MR) is 114 cm³/mol. The van der Waals surface area contributed by atoms with Crippen LogP contribution in [0.3, 0.4) is 0 Å². The number of esters is 1. The van der Waals surface area contributed by atoms with Crippen LogP contribution in [0.5, 0.6) is 0 Å². The number of fused-ring (bicyclic) bond motifs is 1. The van der Waals surface area contributed by atoms with Crippen LogP contribution >= 0.6 is 0 Å². The molecule has 7 nitrogen and oxygen atoms in total. The third-order valence-electron chi connectivity index (χ3n) is 5.55. The second-order valence-corrected chi connectivity index (χ2v) is 7.66. The second-order valence-electron chi connectivity index (χ2n) is 7.66. The Balaban J connectivity index is 1.68. The zero-order chi connectivity index (χ0) is 22.5. The zero-order valence-corrected chi connectivity index (χ0v) is 17.8. The molecule has 1 aliphatic heterocycles. The van der Waals surface area contributed by atoms with Crippen LogP contribution in [-0.4, -0.2) is 41.2 Å². The van der Waals surface area contributed by atoms with Gasteiger partial charge in [0.05, 0.1) is 17.2 Å². The van der Waals surface area contributed by atoms with Gasteiger partial charge in [0.1, 0.15) is 6.04 Å². The summed E-state index contributed by atoms with van der Waals surface area (Å²) in [6.45, 7) is 4.96. The Hall–Kier alpha value is -3.48. The van der Waals surface area contributed by atoms with Gasteiger partial charge < -0.3 is 10.1 Å². The van der Waals surface area contributed by atoms with Crippen LogP contribution < -0.4 is 5.32 Å². The van der Waals surface area contributed by atoms with Gasteiger partial charge in [-0.25, -0.2) is 4.79 Å². The van der Waals surface area contributed by atoms with Crippen LogP contribution in [-0.2, 0) is 14.3 Å². The van der Waals surface area contributed by atoms with E-state index in [2.05, 4.69) is 5.32 Å². The number of ether oxygens (including phenoxy) is 1. The van der Waals surface area contributed by atoms with Crippen molar-refractivity contribution in [2.45, 2.75) is 39.3 Å². The van der Waals surface area contributed by atoms with Gasteiger partial charge in [0.25, 0.3) is 17.7 Å². The van der Waals surface area contributed by atoms with Crippen molar-refractivity contribution >= 4 is 23.7 Å². The first-order chi connectivity index (χ1) is 14.8. The zero-order valence-electron chi connectivity index (χ0n) is 17.8. The molecular weight excluding hydrogens is 396 g/mol. The topological polar surface area (TPSA) is 92.8 Å². The molecule has 2 aromatic rings. The molecule has 3 amide bonds. The largest absolute Gasteiger partial charge is 0.454 e. The molecule has 1 heterocycles. The maximum Gasteiger partial charge on any atom is 0.330 e. The van der Waals surface area contributed by atoms with Gasteiger partial charge in [-0.3, -0.25) is 19.3 Å². The van der Waals surface area contributed by atoms with Gasteiger partial charge in [-0.1, -0.05) is 62.7 Å². The van der Waals surface area contributed by atoms with E-state index in [0.717, 1.165) is 10.5 Å². The predicted octanol–water partition coefficient (Wildman–Crippen LogP) is 3.12. The van der Waals surface area contributed by atoms with E-state index in [4.69, 9.17) is 4.74 Å². The molecule has 0 aromatic heterocycles. The lowest BCUT2D eigenvalue weighted by Gasteiger charge is -2.28. The Morgan fingerprint density at radius 3 is 2.03 bits per heavy atom. The molecule has 1 N–H and O–H groups in total. The molecule has 0 fully saturated rings. The number of imide groups is 1. The number of nitrogens with one attached hydrogen (secondary N) is 1. The van der Waals surface area contributed by atoms with Crippen LogP contribution in [0.1, 0.15) is 59.5 Å². The third-order valence-corrected chi connectivity index (χ3v) is 5.55. The molecule has 0 unspecified atom stereocenters. The first-order valence-electron chi connectivity index (χ1n) is 10.3. The monoisotopic (exact) mass is 422 g/mol. The quantitative estimate of drug-likeness (QED) is 0.521. The van der Waals surface area contributed by atoms with Gasteiger partial charge in [-0.2, -0.15) is 0 Å². The molecule has 2 aromatic carbocycles. The summed E-state index contributed by atoms with van der Waals surface area (Å²) in [4.78, 5) is 51.8. The Morgan fingerprint density at radius 1 is 0.935 bits per heavy atom. The lowest BCUT2D eigenvalue weighted by molar-refractivity contribution is -0.154. The Kier molecular flexibility index (Phi) is 6.84.